The number of carbonyl (C=O) groups excluding carboxylic acids is 1. The van der Waals surface area contributed by atoms with Gasteiger partial charge in [-0.25, -0.2) is 4.79 Å². The Morgan fingerprint density at radius 3 is 2.32 bits per heavy atom. The van der Waals surface area contributed by atoms with Gasteiger partial charge in [0.25, 0.3) is 0 Å². The standard InChI is InChI=1S/C20H29BClNO5/c1-18(2,3)26-17(25)23-12-14(10-13-8-9-16(24)15(22)11-13)21-27-19(4,5)20(6,7)28-21/h8-11,24H,12H2,1-7H3,(H,23,25). The summed E-state index contributed by atoms with van der Waals surface area (Å²) < 4.78 is 17.5. The van der Waals surface area contributed by atoms with Crippen LogP contribution in [0.15, 0.2) is 23.7 Å². The van der Waals surface area contributed by atoms with Gasteiger partial charge in [0.1, 0.15) is 11.4 Å². The second kappa shape index (κ2) is 7.97. The number of ether oxygens (including phenoxy) is 1. The van der Waals surface area contributed by atoms with Crippen LogP contribution in [0.4, 0.5) is 4.79 Å². The number of hydrogen-bond acceptors (Lipinski definition) is 5. The van der Waals surface area contributed by atoms with E-state index in [0.29, 0.717) is 5.47 Å². The number of rotatable bonds is 4. The third kappa shape index (κ3) is 5.66. The Bertz CT molecular complexity index is 754. The van der Waals surface area contributed by atoms with Gasteiger partial charge < -0.3 is 24.5 Å². The number of phenols is 1. The molecule has 2 rings (SSSR count). The number of nitrogens with one attached hydrogen (secondary N) is 1. The number of phenolic OH excluding ortho intramolecular Hbond substituents is 1. The van der Waals surface area contributed by atoms with Gasteiger partial charge in [-0.15, -0.1) is 0 Å². The van der Waals surface area contributed by atoms with Crippen molar-refractivity contribution in [2.24, 2.45) is 0 Å². The fourth-order valence-corrected chi connectivity index (χ4v) is 2.70. The van der Waals surface area contributed by atoms with Crippen LogP contribution in [0.5, 0.6) is 5.75 Å². The number of alkyl carbamates (subject to hydrolysis) is 1. The summed E-state index contributed by atoms with van der Waals surface area (Å²) in [6, 6.07) is 4.87. The molecule has 1 aromatic carbocycles. The van der Waals surface area contributed by atoms with Crippen molar-refractivity contribution in [1.29, 1.82) is 0 Å². The highest BCUT2D eigenvalue weighted by atomic mass is 35.5. The quantitative estimate of drug-likeness (QED) is 0.711. The van der Waals surface area contributed by atoms with Gasteiger partial charge in [0.2, 0.25) is 0 Å². The highest BCUT2D eigenvalue weighted by Gasteiger charge is 2.52. The molecule has 1 fully saturated rings. The van der Waals surface area contributed by atoms with Crippen LogP contribution in [-0.2, 0) is 14.0 Å². The maximum absolute atomic E-state index is 12.1. The molecule has 8 heteroatoms. The third-order valence-corrected chi connectivity index (χ3v) is 5.02. The van der Waals surface area contributed by atoms with Gasteiger partial charge in [0.05, 0.1) is 16.2 Å². The van der Waals surface area contributed by atoms with Crippen LogP contribution < -0.4 is 5.32 Å². The molecule has 0 aliphatic carbocycles. The maximum Gasteiger partial charge on any atom is 0.492 e. The molecule has 0 bridgehead atoms. The fourth-order valence-electron chi connectivity index (χ4n) is 2.51. The van der Waals surface area contributed by atoms with E-state index in [9.17, 15) is 9.90 Å². The van der Waals surface area contributed by atoms with Crippen LogP contribution in [0.1, 0.15) is 54.0 Å². The van der Waals surface area contributed by atoms with E-state index in [4.69, 9.17) is 25.6 Å². The van der Waals surface area contributed by atoms with Crippen LogP contribution >= 0.6 is 11.6 Å². The molecule has 0 unspecified atom stereocenters. The first kappa shape index (κ1) is 22.6. The van der Waals surface area contributed by atoms with E-state index < -0.39 is 30.0 Å². The Morgan fingerprint density at radius 1 is 1.25 bits per heavy atom. The van der Waals surface area contributed by atoms with Gasteiger partial charge in [-0.1, -0.05) is 23.7 Å². The number of hydrogen-bond donors (Lipinski definition) is 2. The zero-order chi connectivity index (χ0) is 21.3. The maximum atomic E-state index is 12.1. The predicted molar refractivity (Wildman–Crippen MR) is 111 cm³/mol. The molecule has 0 saturated carbocycles. The summed E-state index contributed by atoms with van der Waals surface area (Å²) in [4.78, 5) is 12.1. The highest BCUT2D eigenvalue weighted by Crippen LogP contribution is 2.39. The molecular formula is C20H29BClNO5. The minimum atomic E-state index is -0.646. The third-order valence-electron chi connectivity index (χ3n) is 4.72. The Kier molecular flexibility index (Phi) is 6.43. The highest BCUT2D eigenvalue weighted by molar-refractivity contribution is 6.56. The molecule has 1 aromatic rings. The minimum absolute atomic E-state index is 0.00267. The van der Waals surface area contributed by atoms with E-state index in [1.165, 1.54) is 6.07 Å². The first-order valence-electron chi connectivity index (χ1n) is 9.22. The van der Waals surface area contributed by atoms with E-state index in [1.807, 2.05) is 33.8 Å². The Balaban J connectivity index is 2.27. The lowest BCUT2D eigenvalue weighted by Crippen LogP contribution is -2.41. The summed E-state index contributed by atoms with van der Waals surface area (Å²) in [5.41, 5.74) is -0.183. The summed E-state index contributed by atoms with van der Waals surface area (Å²) in [5.74, 6) is 0.00267. The molecule has 0 spiro atoms. The lowest BCUT2D eigenvalue weighted by atomic mass is 9.77. The Labute approximate surface area is 172 Å². The lowest BCUT2D eigenvalue weighted by molar-refractivity contribution is 0.00578. The average molecular weight is 410 g/mol. The molecule has 6 nitrogen and oxygen atoms in total. The van der Waals surface area contributed by atoms with Crippen LogP contribution in [0.2, 0.25) is 5.02 Å². The van der Waals surface area contributed by atoms with Gasteiger partial charge in [0.15, 0.2) is 0 Å². The number of amides is 1. The molecule has 2 N–H and O–H groups in total. The Morgan fingerprint density at radius 2 is 1.82 bits per heavy atom. The van der Waals surface area contributed by atoms with E-state index in [2.05, 4.69) is 5.32 Å². The molecule has 1 aliphatic heterocycles. The van der Waals surface area contributed by atoms with Crippen LogP contribution in [0, 0.1) is 0 Å². The van der Waals surface area contributed by atoms with E-state index in [-0.39, 0.29) is 17.3 Å². The van der Waals surface area contributed by atoms with E-state index in [0.717, 1.165) is 5.56 Å². The van der Waals surface area contributed by atoms with Gasteiger partial charge in [-0.3, -0.25) is 0 Å². The van der Waals surface area contributed by atoms with Crippen molar-refractivity contribution >= 4 is 30.9 Å². The van der Waals surface area contributed by atoms with Crippen LogP contribution in [-0.4, -0.2) is 41.7 Å². The van der Waals surface area contributed by atoms with Crippen molar-refractivity contribution in [3.05, 3.63) is 34.3 Å². The second-order valence-corrected chi connectivity index (χ2v) is 9.28. The summed E-state index contributed by atoms with van der Waals surface area (Å²) >= 11 is 6.02. The molecule has 1 heterocycles. The largest absolute Gasteiger partial charge is 0.506 e. The molecular weight excluding hydrogens is 380 g/mol. The predicted octanol–water partition coefficient (Wildman–Crippen LogP) is 4.59. The van der Waals surface area contributed by atoms with Crippen molar-refractivity contribution in [3.8, 4) is 5.75 Å². The van der Waals surface area contributed by atoms with Gasteiger partial charge in [-0.2, -0.15) is 0 Å². The summed E-state index contributed by atoms with van der Waals surface area (Å²) in [6.07, 6.45) is 1.30. The van der Waals surface area contributed by atoms with Crippen molar-refractivity contribution in [2.45, 2.75) is 65.3 Å². The van der Waals surface area contributed by atoms with Crippen LogP contribution in [0.25, 0.3) is 6.08 Å². The average Bonchev–Trinajstić information content (AvgIpc) is 2.73. The topological polar surface area (TPSA) is 77.0 Å². The Hall–Kier alpha value is -1.70. The summed E-state index contributed by atoms with van der Waals surface area (Å²) in [7, 11) is -0.646. The van der Waals surface area contributed by atoms with E-state index >= 15 is 0 Å². The van der Waals surface area contributed by atoms with Crippen LogP contribution in [0.3, 0.4) is 0 Å². The number of carbonyl (C=O) groups is 1. The first-order chi connectivity index (χ1) is 12.7. The molecule has 1 aliphatic rings. The van der Waals surface area contributed by atoms with Gasteiger partial charge >= 0.3 is 13.2 Å². The number of halogens is 1. The molecule has 154 valence electrons. The zero-order valence-electron chi connectivity index (χ0n) is 17.6. The molecule has 0 radical (unpaired) electrons. The summed E-state index contributed by atoms with van der Waals surface area (Å²) in [5, 5.41) is 12.6. The second-order valence-electron chi connectivity index (χ2n) is 8.87. The fraction of sp³-hybridized carbons (Fsp3) is 0.550. The summed E-state index contributed by atoms with van der Waals surface area (Å²) in [6.45, 7) is 13.4. The van der Waals surface area contributed by atoms with Crippen molar-refractivity contribution in [1.82, 2.24) is 5.32 Å². The smallest absolute Gasteiger partial charge is 0.492 e. The zero-order valence-corrected chi connectivity index (χ0v) is 18.3. The van der Waals surface area contributed by atoms with Crippen molar-refractivity contribution in [2.75, 3.05) is 6.54 Å². The minimum Gasteiger partial charge on any atom is -0.506 e. The number of aromatic hydroxyl groups is 1. The lowest BCUT2D eigenvalue weighted by Gasteiger charge is -2.32. The SMILES string of the molecule is CC(C)(C)OC(=O)NCC(=Cc1ccc(O)c(Cl)c1)B1OC(C)(C)C(C)(C)O1. The molecule has 1 amide bonds. The van der Waals surface area contributed by atoms with Crippen molar-refractivity contribution < 1.29 is 23.9 Å². The molecule has 1 saturated heterocycles. The molecule has 0 aromatic heterocycles. The molecule has 28 heavy (non-hydrogen) atoms. The monoisotopic (exact) mass is 409 g/mol. The first-order valence-corrected chi connectivity index (χ1v) is 9.59. The van der Waals surface area contributed by atoms with Gasteiger partial charge in [-0.05, 0) is 71.6 Å². The number of benzene rings is 1. The molecule has 0 atom stereocenters. The van der Waals surface area contributed by atoms with E-state index in [1.54, 1.807) is 32.9 Å². The van der Waals surface area contributed by atoms with Gasteiger partial charge in [0, 0.05) is 6.54 Å². The van der Waals surface area contributed by atoms with Crippen molar-refractivity contribution in [3.63, 3.8) is 0 Å². The normalized spacial score (nSPS) is 18.9.